The third-order valence-electron chi connectivity index (χ3n) is 11.5. The van der Waals surface area contributed by atoms with Gasteiger partial charge < -0.3 is 14.7 Å². The maximum Gasteiger partial charge on any atom is 0.224 e. The maximum atomic E-state index is 13.6. The standard InChI is InChI=1S/C38H47N3O2.C8H15NO.2C5H12/c1-26-13-12-14-31(19-26)41-24-29(32-15-10-11-16-34(32)41)22-39(37(4,5)6)17-18-40(38(7,8)9)23-30-25-43-35-21-28(3)27(2)20-33(35)36(30)42;1-7(2,3)8(4-5-8)6(9)10;2*1-5(2,3)4/h10-16,19-21,24-25H,17-18,22-23H2,1-9H3;4-5H2,1-3H3,(H2,9,10);2*1-4H3. The highest BCUT2D eigenvalue weighted by molar-refractivity contribution is 5.86. The van der Waals surface area contributed by atoms with Crippen LogP contribution in [0.3, 0.4) is 0 Å². The number of nitrogens with zero attached hydrogens (tertiary/aromatic N) is 3. The van der Waals surface area contributed by atoms with Crippen molar-refractivity contribution in [3.05, 3.63) is 111 Å². The molecule has 1 amide bonds. The summed E-state index contributed by atoms with van der Waals surface area (Å²) in [5.74, 6) is -0.125. The van der Waals surface area contributed by atoms with E-state index < -0.39 is 0 Å². The quantitative estimate of drug-likeness (QED) is 0.160. The Kier molecular flexibility index (Phi) is 17.1. The molecular weight excluding hydrogens is 777 g/mol. The van der Waals surface area contributed by atoms with Crippen LogP contribution in [0.1, 0.15) is 158 Å². The van der Waals surface area contributed by atoms with Gasteiger partial charge in [0, 0.05) is 60.1 Å². The van der Waals surface area contributed by atoms with Crippen molar-refractivity contribution < 1.29 is 9.21 Å². The number of aryl methyl sites for hydroxylation is 3. The number of carbonyl (C=O) groups excluding carboxylic acids is 1. The molecule has 3 aromatic carbocycles. The number of benzene rings is 3. The molecule has 7 heteroatoms. The predicted molar refractivity (Wildman–Crippen MR) is 271 cm³/mol. The van der Waals surface area contributed by atoms with Crippen molar-refractivity contribution in [3.63, 3.8) is 0 Å². The Morgan fingerprint density at radius 2 is 1.16 bits per heavy atom. The van der Waals surface area contributed by atoms with Gasteiger partial charge in [-0.15, -0.1) is 0 Å². The first-order valence-electron chi connectivity index (χ1n) is 23.1. The summed E-state index contributed by atoms with van der Waals surface area (Å²) in [4.78, 5) is 29.5. The molecular formula is C56H86N4O3. The normalized spacial score (nSPS) is 14.1. The molecule has 1 aliphatic rings. The van der Waals surface area contributed by atoms with Crippen LogP contribution >= 0.6 is 0 Å². The van der Waals surface area contributed by atoms with Crippen LogP contribution in [0.2, 0.25) is 0 Å². The fraction of sp³-hybridized carbons (Fsp3) is 0.571. The van der Waals surface area contributed by atoms with Crippen LogP contribution in [0.5, 0.6) is 0 Å². The summed E-state index contributed by atoms with van der Waals surface area (Å²) in [7, 11) is 0. The zero-order valence-corrected chi connectivity index (χ0v) is 43.3. The first-order chi connectivity index (χ1) is 28.6. The molecule has 1 fully saturated rings. The number of carbonyl (C=O) groups is 1. The molecule has 1 saturated carbocycles. The van der Waals surface area contributed by atoms with Crippen LogP contribution in [-0.4, -0.2) is 44.4 Å². The highest BCUT2D eigenvalue weighted by atomic mass is 16.3. The van der Waals surface area contributed by atoms with Crippen LogP contribution in [0.15, 0.2) is 82.3 Å². The van der Waals surface area contributed by atoms with Crippen molar-refractivity contribution in [2.75, 3.05) is 13.1 Å². The molecule has 5 aromatic rings. The summed E-state index contributed by atoms with van der Waals surface area (Å²) in [6.45, 7) is 46.5. The van der Waals surface area contributed by atoms with Crippen LogP contribution in [0.4, 0.5) is 0 Å². The van der Waals surface area contributed by atoms with E-state index in [4.69, 9.17) is 10.2 Å². The summed E-state index contributed by atoms with van der Waals surface area (Å²) in [5, 5.41) is 1.95. The Balaban J connectivity index is 0.000000435. The molecule has 0 atom stereocenters. The highest BCUT2D eigenvalue weighted by Gasteiger charge is 2.56. The maximum absolute atomic E-state index is 13.6. The first kappa shape index (κ1) is 53.1. The molecule has 2 heterocycles. The van der Waals surface area contributed by atoms with Gasteiger partial charge in [0.05, 0.1) is 22.6 Å². The van der Waals surface area contributed by atoms with E-state index in [9.17, 15) is 9.59 Å². The number of primary amides is 1. The Labute approximate surface area is 382 Å². The number of fused-ring (bicyclic) bond motifs is 2. The topological polar surface area (TPSA) is 84.7 Å². The van der Waals surface area contributed by atoms with E-state index in [0.717, 1.165) is 43.6 Å². The number of hydrogen-bond donors (Lipinski definition) is 1. The molecule has 0 aliphatic heterocycles. The zero-order chi connectivity index (χ0) is 48.1. The van der Waals surface area contributed by atoms with E-state index in [1.54, 1.807) is 6.26 Å². The van der Waals surface area contributed by atoms with E-state index in [0.29, 0.717) is 33.9 Å². The molecule has 6 rings (SSSR count). The second kappa shape index (κ2) is 20.3. The summed E-state index contributed by atoms with van der Waals surface area (Å²) in [6.07, 6.45) is 5.93. The summed E-state index contributed by atoms with van der Waals surface area (Å²) in [5.41, 5.74) is 14.6. The van der Waals surface area contributed by atoms with Gasteiger partial charge in [-0.2, -0.15) is 0 Å². The largest absolute Gasteiger partial charge is 0.464 e. The number of para-hydroxylation sites is 1. The van der Waals surface area contributed by atoms with Crippen molar-refractivity contribution in [1.82, 2.24) is 14.4 Å². The van der Waals surface area contributed by atoms with Crippen molar-refractivity contribution in [1.29, 1.82) is 0 Å². The molecule has 2 N–H and O–H groups in total. The van der Waals surface area contributed by atoms with E-state index in [2.05, 4.69) is 194 Å². The highest BCUT2D eigenvalue weighted by Crippen LogP contribution is 2.58. The van der Waals surface area contributed by atoms with Crippen LogP contribution in [0.25, 0.3) is 27.6 Å². The van der Waals surface area contributed by atoms with Crippen molar-refractivity contribution in [3.8, 4) is 5.69 Å². The van der Waals surface area contributed by atoms with Gasteiger partial charge >= 0.3 is 0 Å². The fourth-order valence-corrected chi connectivity index (χ4v) is 7.35. The minimum atomic E-state index is -0.174. The van der Waals surface area contributed by atoms with Gasteiger partial charge in [0.1, 0.15) is 5.58 Å². The molecule has 0 radical (unpaired) electrons. The van der Waals surface area contributed by atoms with Gasteiger partial charge in [-0.3, -0.25) is 19.4 Å². The average Bonchev–Trinajstić information content (AvgIpc) is 3.87. The van der Waals surface area contributed by atoms with E-state index >= 15 is 0 Å². The second-order valence-corrected chi connectivity index (χ2v) is 24.3. The molecule has 0 saturated heterocycles. The molecule has 2 aromatic heterocycles. The third kappa shape index (κ3) is 15.8. The molecule has 348 valence electrons. The number of nitrogens with two attached hydrogens (primary N) is 1. The van der Waals surface area contributed by atoms with E-state index in [1.165, 1.54) is 27.7 Å². The Morgan fingerprint density at radius 1 is 0.667 bits per heavy atom. The molecule has 1 aliphatic carbocycles. The summed E-state index contributed by atoms with van der Waals surface area (Å²) < 4.78 is 8.30. The van der Waals surface area contributed by atoms with Gasteiger partial charge in [0.25, 0.3) is 0 Å². The minimum absolute atomic E-state index is 0.0482. The predicted octanol–water partition coefficient (Wildman–Crippen LogP) is 14.0. The first-order valence-corrected chi connectivity index (χ1v) is 23.1. The lowest BCUT2D eigenvalue weighted by Crippen LogP contribution is -2.49. The molecule has 0 bridgehead atoms. The lowest BCUT2D eigenvalue weighted by molar-refractivity contribution is -0.126. The Bertz CT molecular complexity index is 2320. The van der Waals surface area contributed by atoms with Crippen LogP contribution in [-0.2, 0) is 17.9 Å². The second-order valence-electron chi connectivity index (χ2n) is 24.3. The van der Waals surface area contributed by atoms with Gasteiger partial charge in [0.2, 0.25) is 5.91 Å². The monoisotopic (exact) mass is 863 g/mol. The fourth-order valence-electron chi connectivity index (χ4n) is 7.35. The number of hydrogen-bond acceptors (Lipinski definition) is 5. The molecule has 63 heavy (non-hydrogen) atoms. The average molecular weight is 863 g/mol. The van der Waals surface area contributed by atoms with Crippen molar-refractivity contribution in [2.45, 2.75) is 175 Å². The third-order valence-corrected chi connectivity index (χ3v) is 11.5. The SMILES string of the molecule is CC(C)(C)C.CC(C)(C)C.CC(C)(C)C1(C(N)=O)CC1.Cc1cccc(-n2cc(CN(CCN(Cc3coc4cc(C)c(C)cc4c3=O)C(C)(C)C)C(C)(C)C)c3ccccc32)c1. The minimum Gasteiger partial charge on any atom is -0.464 e. The number of aromatic nitrogens is 1. The van der Waals surface area contributed by atoms with Crippen LogP contribution in [0, 0.1) is 42.4 Å². The van der Waals surface area contributed by atoms with Crippen LogP contribution < -0.4 is 11.2 Å². The summed E-state index contributed by atoms with van der Waals surface area (Å²) in [6, 6.07) is 21.3. The van der Waals surface area contributed by atoms with Gasteiger partial charge in [0.15, 0.2) is 5.43 Å². The Morgan fingerprint density at radius 3 is 1.60 bits per heavy atom. The van der Waals surface area contributed by atoms with Gasteiger partial charge in [-0.25, -0.2) is 0 Å². The van der Waals surface area contributed by atoms with E-state index in [-0.39, 0.29) is 33.2 Å². The molecule has 7 nitrogen and oxygen atoms in total. The molecule has 0 spiro atoms. The zero-order valence-electron chi connectivity index (χ0n) is 43.3. The molecule has 0 unspecified atom stereocenters. The summed E-state index contributed by atoms with van der Waals surface area (Å²) >= 11 is 0. The van der Waals surface area contributed by atoms with Crippen molar-refractivity contribution in [2.24, 2.45) is 27.4 Å². The van der Waals surface area contributed by atoms with Gasteiger partial charge in [-0.05, 0) is 144 Å². The van der Waals surface area contributed by atoms with Gasteiger partial charge in [-0.1, -0.05) is 106 Å². The lowest BCUT2D eigenvalue weighted by Gasteiger charge is -2.40. The smallest absolute Gasteiger partial charge is 0.224 e. The van der Waals surface area contributed by atoms with E-state index in [1.807, 2.05) is 26.0 Å². The lowest BCUT2D eigenvalue weighted by atomic mass is 9.77. The van der Waals surface area contributed by atoms with Crippen molar-refractivity contribution >= 4 is 27.8 Å². The number of rotatable bonds is 9. The Hall–Kier alpha value is -4.20. The number of amides is 1.